The molecule has 1 aliphatic heterocycles. The minimum absolute atomic E-state index is 0.0701. The van der Waals surface area contributed by atoms with Crippen LogP contribution in [0.4, 0.5) is 0 Å². The molecule has 0 bridgehead atoms. The zero-order valence-corrected chi connectivity index (χ0v) is 12.4. The zero-order chi connectivity index (χ0) is 15.4. The van der Waals surface area contributed by atoms with Crippen LogP contribution in [-0.2, 0) is 13.2 Å². The molecule has 1 aliphatic rings. The first-order valence-corrected chi connectivity index (χ1v) is 7.51. The molecule has 0 aliphatic carbocycles. The number of piperazine rings is 1. The van der Waals surface area contributed by atoms with E-state index in [1.54, 1.807) is 6.07 Å². The summed E-state index contributed by atoms with van der Waals surface area (Å²) in [6, 6.07) is 13.1. The number of aliphatic hydroxyl groups excluding tert-OH is 1. The third-order valence-electron chi connectivity index (χ3n) is 3.93. The van der Waals surface area contributed by atoms with Gasteiger partial charge in [0.1, 0.15) is 18.1 Å². The Bertz CT molecular complexity index is 616. The van der Waals surface area contributed by atoms with Crippen molar-refractivity contribution in [3.8, 4) is 0 Å². The second-order valence-electron chi connectivity index (χ2n) is 5.46. The zero-order valence-electron chi connectivity index (χ0n) is 12.4. The quantitative estimate of drug-likeness (QED) is 0.934. The molecule has 0 spiro atoms. The largest absolute Gasteiger partial charge is 0.462 e. The van der Waals surface area contributed by atoms with Gasteiger partial charge in [-0.1, -0.05) is 18.2 Å². The van der Waals surface area contributed by atoms with Crippen LogP contribution in [-0.4, -0.2) is 47.0 Å². The molecule has 0 atom stereocenters. The van der Waals surface area contributed by atoms with Gasteiger partial charge in [-0.05, 0) is 24.3 Å². The summed E-state index contributed by atoms with van der Waals surface area (Å²) in [5.41, 5.74) is 0.745. The Morgan fingerprint density at radius 2 is 1.68 bits per heavy atom. The Labute approximate surface area is 129 Å². The highest BCUT2D eigenvalue weighted by Gasteiger charge is 2.22. The summed E-state index contributed by atoms with van der Waals surface area (Å²) in [6.07, 6.45) is 0. The lowest BCUT2D eigenvalue weighted by Gasteiger charge is -2.34. The highest BCUT2D eigenvalue weighted by Crippen LogP contribution is 2.14. The van der Waals surface area contributed by atoms with Gasteiger partial charge in [-0.2, -0.15) is 0 Å². The molecule has 3 rings (SSSR count). The average molecular weight is 300 g/mol. The minimum Gasteiger partial charge on any atom is -0.462 e. The maximum Gasteiger partial charge on any atom is 0.253 e. The van der Waals surface area contributed by atoms with Gasteiger partial charge in [0.05, 0.1) is 6.54 Å². The fourth-order valence-corrected chi connectivity index (χ4v) is 2.69. The molecule has 2 aromatic rings. The van der Waals surface area contributed by atoms with Crippen molar-refractivity contribution >= 4 is 5.91 Å². The summed E-state index contributed by atoms with van der Waals surface area (Å²) in [4.78, 5) is 16.5. The molecule has 116 valence electrons. The fraction of sp³-hybridized carbons (Fsp3) is 0.353. The van der Waals surface area contributed by atoms with Crippen molar-refractivity contribution in [2.45, 2.75) is 13.2 Å². The van der Waals surface area contributed by atoms with E-state index in [2.05, 4.69) is 4.90 Å². The maximum atomic E-state index is 12.4. The van der Waals surface area contributed by atoms with Gasteiger partial charge in [-0.15, -0.1) is 0 Å². The van der Waals surface area contributed by atoms with Gasteiger partial charge in [-0.25, -0.2) is 0 Å². The van der Waals surface area contributed by atoms with E-state index in [1.807, 2.05) is 41.3 Å². The van der Waals surface area contributed by atoms with E-state index in [4.69, 9.17) is 9.52 Å². The fourth-order valence-electron chi connectivity index (χ4n) is 2.69. The Kier molecular flexibility index (Phi) is 4.56. The molecular formula is C17H20N2O3. The standard InChI is InChI=1S/C17H20N2O3/c20-13-16-7-6-15(22-16)12-18-8-10-19(11-9-18)17(21)14-4-2-1-3-5-14/h1-7,20H,8-13H2. The Morgan fingerprint density at radius 3 is 2.32 bits per heavy atom. The topological polar surface area (TPSA) is 56.9 Å². The van der Waals surface area contributed by atoms with Crippen LogP contribution in [0.5, 0.6) is 0 Å². The minimum atomic E-state index is -0.0701. The molecule has 5 nitrogen and oxygen atoms in total. The van der Waals surface area contributed by atoms with E-state index in [9.17, 15) is 4.79 Å². The lowest BCUT2D eigenvalue weighted by atomic mass is 10.2. The summed E-state index contributed by atoms with van der Waals surface area (Å²) >= 11 is 0. The van der Waals surface area contributed by atoms with E-state index in [0.29, 0.717) is 12.3 Å². The molecule has 1 N–H and O–H groups in total. The van der Waals surface area contributed by atoms with Crippen molar-refractivity contribution in [3.05, 3.63) is 59.5 Å². The second kappa shape index (κ2) is 6.77. The summed E-state index contributed by atoms with van der Waals surface area (Å²) in [7, 11) is 0. The van der Waals surface area contributed by atoms with Crippen molar-refractivity contribution in [2.75, 3.05) is 26.2 Å². The van der Waals surface area contributed by atoms with Crippen LogP contribution < -0.4 is 0 Å². The third kappa shape index (κ3) is 3.37. The number of amides is 1. The number of rotatable bonds is 4. The van der Waals surface area contributed by atoms with Crippen molar-refractivity contribution in [3.63, 3.8) is 0 Å². The lowest BCUT2D eigenvalue weighted by Crippen LogP contribution is -2.48. The molecule has 22 heavy (non-hydrogen) atoms. The molecule has 1 saturated heterocycles. The number of nitrogens with zero attached hydrogens (tertiary/aromatic N) is 2. The van der Waals surface area contributed by atoms with Crippen LogP contribution in [0.15, 0.2) is 46.9 Å². The van der Waals surface area contributed by atoms with Crippen LogP contribution in [0.3, 0.4) is 0 Å². The number of aliphatic hydroxyl groups is 1. The van der Waals surface area contributed by atoms with Crippen LogP contribution in [0.1, 0.15) is 21.9 Å². The predicted molar refractivity (Wildman–Crippen MR) is 82.3 cm³/mol. The third-order valence-corrected chi connectivity index (χ3v) is 3.93. The van der Waals surface area contributed by atoms with Gasteiger partial charge in [0.25, 0.3) is 5.91 Å². The smallest absolute Gasteiger partial charge is 0.253 e. The SMILES string of the molecule is O=C(c1ccccc1)N1CCN(Cc2ccc(CO)o2)CC1. The summed E-state index contributed by atoms with van der Waals surface area (Å²) in [6.45, 7) is 3.75. The first-order valence-electron chi connectivity index (χ1n) is 7.51. The number of hydrogen-bond donors (Lipinski definition) is 1. The van der Waals surface area contributed by atoms with Crippen LogP contribution in [0, 0.1) is 0 Å². The number of carbonyl (C=O) groups excluding carboxylic acids is 1. The van der Waals surface area contributed by atoms with E-state index >= 15 is 0 Å². The molecule has 0 saturated carbocycles. The predicted octanol–water partition coefficient (Wildman–Crippen LogP) is 1.73. The number of carbonyl (C=O) groups is 1. The van der Waals surface area contributed by atoms with Gasteiger partial charge in [0.15, 0.2) is 0 Å². The Hall–Kier alpha value is -2.11. The second-order valence-corrected chi connectivity index (χ2v) is 5.46. The molecule has 0 unspecified atom stereocenters. The van der Waals surface area contributed by atoms with Gasteiger partial charge in [0, 0.05) is 31.7 Å². The first-order chi connectivity index (χ1) is 10.8. The molecule has 1 aromatic heterocycles. The van der Waals surface area contributed by atoms with E-state index in [0.717, 1.165) is 37.5 Å². The lowest BCUT2D eigenvalue weighted by molar-refractivity contribution is 0.0619. The molecule has 5 heteroatoms. The molecule has 1 fully saturated rings. The van der Waals surface area contributed by atoms with Crippen molar-refractivity contribution in [1.29, 1.82) is 0 Å². The molecule has 0 radical (unpaired) electrons. The number of hydrogen-bond acceptors (Lipinski definition) is 4. The summed E-state index contributed by atoms with van der Waals surface area (Å²) in [5.74, 6) is 1.54. The Morgan fingerprint density at radius 1 is 1.00 bits per heavy atom. The molecule has 2 heterocycles. The van der Waals surface area contributed by atoms with Crippen LogP contribution >= 0.6 is 0 Å². The summed E-state index contributed by atoms with van der Waals surface area (Å²) < 4.78 is 5.51. The maximum absolute atomic E-state index is 12.4. The monoisotopic (exact) mass is 300 g/mol. The number of benzene rings is 1. The van der Waals surface area contributed by atoms with Crippen molar-refractivity contribution in [2.24, 2.45) is 0 Å². The first kappa shape index (κ1) is 14.8. The number of furan rings is 1. The van der Waals surface area contributed by atoms with Gasteiger partial charge in [-0.3, -0.25) is 9.69 Å². The normalized spacial score (nSPS) is 16.0. The van der Waals surface area contributed by atoms with E-state index in [1.165, 1.54) is 0 Å². The van der Waals surface area contributed by atoms with Crippen molar-refractivity contribution < 1.29 is 14.3 Å². The van der Waals surface area contributed by atoms with Gasteiger partial charge < -0.3 is 14.4 Å². The van der Waals surface area contributed by atoms with Crippen LogP contribution in [0.2, 0.25) is 0 Å². The summed E-state index contributed by atoms with van der Waals surface area (Å²) in [5, 5.41) is 9.01. The Balaban J connectivity index is 1.53. The van der Waals surface area contributed by atoms with Gasteiger partial charge in [0.2, 0.25) is 0 Å². The molecule has 1 amide bonds. The van der Waals surface area contributed by atoms with Gasteiger partial charge >= 0.3 is 0 Å². The van der Waals surface area contributed by atoms with Crippen LogP contribution in [0.25, 0.3) is 0 Å². The average Bonchev–Trinajstić information content (AvgIpc) is 3.03. The molecule has 1 aromatic carbocycles. The van der Waals surface area contributed by atoms with E-state index in [-0.39, 0.29) is 12.5 Å². The molecular weight excluding hydrogens is 280 g/mol. The highest BCUT2D eigenvalue weighted by atomic mass is 16.4. The van der Waals surface area contributed by atoms with Crippen molar-refractivity contribution in [1.82, 2.24) is 9.80 Å². The highest BCUT2D eigenvalue weighted by molar-refractivity contribution is 5.94. The van der Waals surface area contributed by atoms with E-state index < -0.39 is 0 Å².